The average Bonchev–Trinajstić information content (AvgIpc) is 2.49. The molecular formula is C17H19Cl2N. The Bertz CT molecular complexity index is 581. The molecule has 3 heteroatoms. The van der Waals surface area contributed by atoms with E-state index >= 15 is 0 Å². The smallest absolute Gasteiger partial charge is 0.0595 e. The minimum absolute atomic E-state index is 0.255. The van der Waals surface area contributed by atoms with Crippen molar-refractivity contribution in [3.63, 3.8) is 0 Å². The highest BCUT2D eigenvalue weighted by Crippen LogP contribution is 2.36. The quantitative estimate of drug-likeness (QED) is 0.824. The molecule has 0 saturated carbocycles. The third-order valence-electron chi connectivity index (χ3n) is 3.78. The van der Waals surface area contributed by atoms with Gasteiger partial charge in [0.05, 0.1) is 10.0 Å². The molecule has 20 heavy (non-hydrogen) atoms. The summed E-state index contributed by atoms with van der Waals surface area (Å²) in [6, 6.07) is 14.3. The Morgan fingerprint density at radius 2 is 1.50 bits per heavy atom. The van der Waals surface area contributed by atoms with Gasteiger partial charge in [-0.05, 0) is 41.3 Å². The zero-order valence-corrected chi connectivity index (χ0v) is 13.2. The summed E-state index contributed by atoms with van der Waals surface area (Å²) < 4.78 is 0. The lowest BCUT2D eigenvalue weighted by Gasteiger charge is -2.21. The van der Waals surface area contributed by atoms with Crippen LogP contribution in [0.2, 0.25) is 10.0 Å². The minimum Gasteiger partial charge on any atom is -0.330 e. The highest BCUT2D eigenvalue weighted by atomic mass is 35.5. The number of hydrogen-bond donors (Lipinski definition) is 1. The molecule has 0 aromatic heterocycles. The molecule has 0 fully saturated rings. The average molecular weight is 308 g/mol. The van der Waals surface area contributed by atoms with E-state index in [0.29, 0.717) is 16.6 Å². The van der Waals surface area contributed by atoms with E-state index in [1.807, 2.05) is 18.2 Å². The van der Waals surface area contributed by atoms with Crippen LogP contribution in [0.5, 0.6) is 0 Å². The first kappa shape index (κ1) is 15.4. The van der Waals surface area contributed by atoms with Crippen LogP contribution in [0.3, 0.4) is 0 Å². The van der Waals surface area contributed by atoms with E-state index in [1.165, 1.54) is 16.7 Å². The molecule has 0 amide bonds. The van der Waals surface area contributed by atoms with Gasteiger partial charge in [-0.25, -0.2) is 0 Å². The van der Waals surface area contributed by atoms with E-state index in [4.69, 9.17) is 28.9 Å². The first-order valence-electron chi connectivity index (χ1n) is 6.78. The molecule has 0 aliphatic heterocycles. The van der Waals surface area contributed by atoms with Crippen molar-refractivity contribution in [3.8, 4) is 0 Å². The van der Waals surface area contributed by atoms with E-state index in [9.17, 15) is 0 Å². The Balaban J connectivity index is 2.52. The first-order valence-corrected chi connectivity index (χ1v) is 7.54. The predicted octanol–water partition coefficient (Wildman–Crippen LogP) is 5.21. The van der Waals surface area contributed by atoms with Gasteiger partial charge in [-0.15, -0.1) is 0 Å². The zero-order chi connectivity index (χ0) is 14.7. The molecule has 2 N–H and O–H groups in total. The Morgan fingerprint density at radius 3 is 2.05 bits per heavy atom. The second kappa shape index (κ2) is 6.62. The third-order valence-corrected chi connectivity index (χ3v) is 4.50. The maximum atomic E-state index is 6.20. The minimum atomic E-state index is 0.255. The summed E-state index contributed by atoms with van der Waals surface area (Å²) in [5, 5.41) is 1.18. The van der Waals surface area contributed by atoms with Gasteiger partial charge in [0.25, 0.3) is 0 Å². The SMILES string of the molecule is CC(CN)c1cc(Cl)c(Cl)cc1C(C)c1ccccc1. The van der Waals surface area contributed by atoms with E-state index < -0.39 is 0 Å². The second-order valence-electron chi connectivity index (χ2n) is 5.16. The molecule has 2 aromatic carbocycles. The highest BCUT2D eigenvalue weighted by molar-refractivity contribution is 6.42. The summed E-state index contributed by atoms with van der Waals surface area (Å²) in [6.45, 7) is 4.88. The molecule has 0 spiro atoms. The maximum absolute atomic E-state index is 6.20. The van der Waals surface area contributed by atoms with Gasteiger partial charge >= 0.3 is 0 Å². The largest absolute Gasteiger partial charge is 0.330 e. The summed E-state index contributed by atoms with van der Waals surface area (Å²) >= 11 is 12.4. The maximum Gasteiger partial charge on any atom is 0.0595 e. The van der Waals surface area contributed by atoms with Crippen molar-refractivity contribution in [2.75, 3.05) is 6.54 Å². The van der Waals surface area contributed by atoms with E-state index in [2.05, 4.69) is 38.1 Å². The highest BCUT2D eigenvalue weighted by Gasteiger charge is 2.18. The van der Waals surface area contributed by atoms with Crippen LogP contribution in [0.1, 0.15) is 42.4 Å². The number of halogens is 2. The van der Waals surface area contributed by atoms with Crippen molar-refractivity contribution in [3.05, 3.63) is 69.2 Å². The van der Waals surface area contributed by atoms with Gasteiger partial charge in [0.2, 0.25) is 0 Å². The van der Waals surface area contributed by atoms with Gasteiger partial charge in [0.15, 0.2) is 0 Å². The Morgan fingerprint density at radius 1 is 0.950 bits per heavy atom. The fourth-order valence-electron chi connectivity index (χ4n) is 2.43. The van der Waals surface area contributed by atoms with Crippen molar-refractivity contribution < 1.29 is 0 Å². The van der Waals surface area contributed by atoms with Crippen LogP contribution in [-0.2, 0) is 0 Å². The predicted molar refractivity (Wildman–Crippen MR) is 87.9 cm³/mol. The van der Waals surface area contributed by atoms with Gasteiger partial charge in [-0.1, -0.05) is 67.4 Å². The lowest BCUT2D eigenvalue weighted by atomic mass is 9.85. The van der Waals surface area contributed by atoms with E-state index in [1.54, 1.807) is 0 Å². The van der Waals surface area contributed by atoms with Crippen molar-refractivity contribution in [1.29, 1.82) is 0 Å². The van der Waals surface area contributed by atoms with Crippen LogP contribution in [0.15, 0.2) is 42.5 Å². The summed E-state index contributed by atoms with van der Waals surface area (Å²) in [5.74, 6) is 0.515. The molecular weight excluding hydrogens is 289 g/mol. The molecule has 0 aliphatic carbocycles. The second-order valence-corrected chi connectivity index (χ2v) is 5.98. The summed E-state index contributed by atoms with van der Waals surface area (Å²) in [4.78, 5) is 0. The lowest BCUT2D eigenvalue weighted by molar-refractivity contribution is 0.749. The molecule has 106 valence electrons. The topological polar surface area (TPSA) is 26.0 Å². The molecule has 0 aliphatic rings. The van der Waals surface area contributed by atoms with Crippen LogP contribution in [0.4, 0.5) is 0 Å². The van der Waals surface area contributed by atoms with Crippen molar-refractivity contribution in [2.45, 2.75) is 25.7 Å². The number of nitrogens with two attached hydrogens (primary N) is 1. The number of benzene rings is 2. The molecule has 0 saturated heterocycles. The summed E-state index contributed by atoms with van der Waals surface area (Å²) in [6.07, 6.45) is 0. The fraction of sp³-hybridized carbons (Fsp3) is 0.294. The summed E-state index contributed by atoms with van der Waals surface area (Å²) in [5.41, 5.74) is 9.46. The van der Waals surface area contributed by atoms with Gasteiger partial charge < -0.3 is 5.73 Å². The number of rotatable bonds is 4. The van der Waals surface area contributed by atoms with Crippen LogP contribution < -0.4 is 5.73 Å². The molecule has 0 radical (unpaired) electrons. The first-order chi connectivity index (χ1) is 9.54. The third kappa shape index (κ3) is 3.17. The molecule has 2 rings (SSSR count). The standard InChI is InChI=1S/C17H19Cl2N/c1-11(10-20)14-8-16(18)17(19)9-15(14)12(2)13-6-4-3-5-7-13/h3-9,11-12H,10,20H2,1-2H3. The molecule has 1 nitrogen and oxygen atoms in total. The monoisotopic (exact) mass is 307 g/mol. The van der Waals surface area contributed by atoms with Gasteiger partial charge in [0, 0.05) is 5.92 Å². The van der Waals surface area contributed by atoms with Crippen LogP contribution >= 0.6 is 23.2 Å². The normalized spacial score (nSPS) is 14.1. The molecule has 0 heterocycles. The Kier molecular flexibility index (Phi) is 5.09. The van der Waals surface area contributed by atoms with E-state index in [0.717, 1.165) is 0 Å². The Hall–Kier alpha value is -1.02. The fourth-order valence-corrected chi connectivity index (χ4v) is 2.77. The van der Waals surface area contributed by atoms with Crippen LogP contribution in [0, 0.1) is 0 Å². The van der Waals surface area contributed by atoms with Crippen molar-refractivity contribution in [2.24, 2.45) is 5.73 Å². The van der Waals surface area contributed by atoms with Crippen molar-refractivity contribution in [1.82, 2.24) is 0 Å². The zero-order valence-electron chi connectivity index (χ0n) is 11.7. The Labute approximate surface area is 130 Å². The van der Waals surface area contributed by atoms with Crippen LogP contribution in [0.25, 0.3) is 0 Å². The van der Waals surface area contributed by atoms with Crippen molar-refractivity contribution >= 4 is 23.2 Å². The summed E-state index contributed by atoms with van der Waals surface area (Å²) in [7, 11) is 0. The molecule has 2 aromatic rings. The number of hydrogen-bond acceptors (Lipinski definition) is 1. The van der Waals surface area contributed by atoms with Gasteiger partial charge in [-0.3, -0.25) is 0 Å². The molecule has 0 bridgehead atoms. The molecule has 2 atom stereocenters. The van der Waals surface area contributed by atoms with Gasteiger partial charge in [-0.2, -0.15) is 0 Å². The van der Waals surface area contributed by atoms with Crippen LogP contribution in [-0.4, -0.2) is 6.54 Å². The lowest BCUT2D eigenvalue weighted by Crippen LogP contribution is -2.12. The van der Waals surface area contributed by atoms with Gasteiger partial charge in [0.1, 0.15) is 0 Å². The van der Waals surface area contributed by atoms with E-state index in [-0.39, 0.29) is 11.8 Å². The molecule has 2 unspecified atom stereocenters.